The quantitative estimate of drug-likeness (QED) is 0.837. The van der Waals surface area contributed by atoms with Crippen LogP contribution in [-0.2, 0) is 11.2 Å². The largest absolute Gasteiger partial charge is 0.398 e. The zero-order chi connectivity index (χ0) is 16.1. The van der Waals surface area contributed by atoms with Crippen LogP contribution in [0, 0.1) is 12.8 Å². The monoisotopic (exact) mass is 307 g/mol. The molecule has 4 nitrogen and oxygen atoms in total. The standard InChI is InChI=1S/C19H21N3O/c1-10-2-3-14-15(4-10)22-16-8-11-5-12(9-17(20)23)7-13(6-11)18(16)19(14)21/h2-5,11,13H,6-9H2,1H3,(H2,20,23)(H2,21,22). The average Bonchev–Trinajstić information content (AvgIpc) is 2.45. The van der Waals surface area contributed by atoms with Gasteiger partial charge in [-0.15, -0.1) is 0 Å². The van der Waals surface area contributed by atoms with Gasteiger partial charge in [-0.1, -0.05) is 23.8 Å². The van der Waals surface area contributed by atoms with Gasteiger partial charge >= 0.3 is 0 Å². The van der Waals surface area contributed by atoms with Crippen LogP contribution in [0.2, 0.25) is 0 Å². The van der Waals surface area contributed by atoms with Crippen molar-refractivity contribution in [2.75, 3.05) is 5.73 Å². The fourth-order valence-electron chi connectivity index (χ4n) is 4.28. The highest BCUT2D eigenvalue weighted by Gasteiger charge is 2.33. The van der Waals surface area contributed by atoms with Gasteiger partial charge in [0.2, 0.25) is 5.91 Å². The number of rotatable bonds is 2. The molecule has 1 amide bonds. The number of carbonyl (C=O) groups excluding carboxylic acids is 1. The van der Waals surface area contributed by atoms with Crippen molar-refractivity contribution in [3.63, 3.8) is 0 Å². The first kappa shape index (κ1) is 14.2. The molecular weight excluding hydrogens is 286 g/mol. The molecule has 2 aromatic rings. The lowest BCUT2D eigenvalue weighted by Crippen LogP contribution is -2.26. The zero-order valence-corrected chi connectivity index (χ0v) is 13.3. The third kappa shape index (κ3) is 2.38. The third-order valence-corrected chi connectivity index (χ3v) is 5.13. The predicted octanol–water partition coefficient (Wildman–Crippen LogP) is 2.98. The fourth-order valence-corrected chi connectivity index (χ4v) is 4.28. The number of hydrogen-bond donors (Lipinski definition) is 2. The Bertz CT molecular complexity index is 853. The van der Waals surface area contributed by atoms with E-state index in [0.29, 0.717) is 18.3 Å². The van der Waals surface area contributed by atoms with Gasteiger partial charge in [0, 0.05) is 28.8 Å². The molecule has 4 rings (SSSR count). The van der Waals surface area contributed by atoms with Crippen molar-refractivity contribution in [2.24, 2.45) is 11.7 Å². The van der Waals surface area contributed by atoms with E-state index in [2.05, 4.69) is 31.2 Å². The summed E-state index contributed by atoms with van der Waals surface area (Å²) in [5.74, 6) is 0.558. The first-order valence-corrected chi connectivity index (χ1v) is 8.17. The van der Waals surface area contributed by atoms with Crippen LogP contribution in [0.1, 0.15) is 42.0 Å². The summed E-state index contributed by atoms with van der Waals surface area (Å²) in [6.07, 6.45) is 5.47. The lowest BCUT2D eigenvalue weighted by atomic mass is 9.70. The Morgan fingerprint density at radius 1 is 1.35 bits per heavy atom. The first-order chi connectivity index (χ1) is 11.0. The normalized spacial score (nSPS) is 22.6. The number of benzene rings is 1. The van der Waals surface area contributed by atoms with E-state index >= 15 is 0 Å². The number of anilines is 1. The minimum Gasteiger partial charge on any atom is -0.398 e. The van der Waals surface area contributed by atoms with Crippen LogP contribution in [0.3, 0.4) is 0 Å². The summed E-state index contributed by atoms with van der Waals surface area (Å²) < 4.78 is 0. The van der Waals surface area contributed by atoms with Crippen molar-refractivity contribution in [3.05, 3.63) is 46.7 Å². The van der Waals surface area contributed by atoms with E-state index in [1.54, 1.807) is 0 Å². The molecule has 2 aliphatic carbocycles. The zero-order valence-electron chi connectivity index (χ0n) is 13.3. The highest BCUT2D eigenvalue weighted by Crippen LogP contribution is 2.47. The maximum absolute atomic E-state index is 11.3. The molecule has 4 heteroatoms. The molecule has 2 aliphatic rings. The molecule has 23 heavy (non-hydrogen) atoms. The van der Waals surface area contributed by atoms with E-state index in [-0.39, 0.29) is 5.91 Å². The van der Waals surface area contributed by atoms with Crippen molar-refractivity contribution in [2.45, 2.75) is 38.5 Å². The molecule has 0 spiro atoms. The van der Waals surface area contributed by atoms with E-state index in [9.17, 15) is 4.79 Å². The van der Waals surface area contributed by atoms with Gasteiger partial charge in [-0.05, 0) is 49.7 Å². The maximum atomic E-state index is 11.3. The molecule has 0 aliphatic heterocycles. The van der Waals surface area contributed by atoms with E-state index in [0.717, 1.165) is 47.1 Å². The van der Waals surface area contributed by atoms with Crippen LogP contribution in [-0.4, -0.2) is 10.9 Å². The number of pyridine rings is 1. The molecule has 1 heterocycles. The van der Waals surface area contributed by atoms with Gasteiger partial charge in [-0.2, -0.15) is 0 Å². The number of nitrogen functional groups attached to an aromatic ring is 1. The van der Waals surface area contributed by atoms with Crippen LogP contribution in [0.4, 0.5) is 5.69 Å². The molecule has 4 N–H and O–H groups in total. The van der Waals surface area contributed by atoms with Crippen molar-refractivity contribution in [1.29, 1.82) is 0 Å². The van der Waals surface area contributed by atoms with Gasteiger partial charge in [0.05, 0.1) is 5.52 Å². The fraction of sp³-hybridized carbons (Fsp3) is 0.368. The molecule has 118 valence electrons. The number of allylic oxidation sites excluding steroid dienone is 1. The van der Waals surface area contributed by atoms with Crippen LogP contribution in [0.5, 0.6) is 0 Å². The van der Waals surface area contributed by atoms with Crippen molar-refractivity contribution in [1.82, 2.24) is 4.98 Å². The third-order valence-electron chi connectivity index (χ3n) is 5.13. The highest BCUT2D eigenvalue weighted by molar-refractivity contribution is 5.93. The number of amides is 1. The Morgan fingerprint density at radius 2 is 2.17 bits per heavy atom. The van der Waals surface area contributed by atoms with Gasteiger partial charge in [0.1, 0.15) is 0 Å². The molecular formula is C19H21N3O. The Balaban J connectivity index is 1.82. The van der Waals surface area contributed by atoms with Gasteiger partial charge < -0.3 is 11.5 Å². The second-order valence-corrected chi connectivity index (χ2v) is 6.98. The number of nitrogens with two attached hydrogens (primary N) is 2. The Labute approximate surface area is 135 Å². The number of hydrogen-bond acceptors (Lipinski definition) is 3. The summed E-state index contributed by atoms with van der Waals surface area (Å²) in [5, 5.41) is 1.04. The number of nitrogens with zero attached hydrogens (tertiary/aromatic N) is 1. The lowest BCUT2D eigenvalue weighted by molar-refractivity contribution is -0.117. The Morgan fingerprint density at radius 3 is 2.96 bits per heavy atom. The lowest BCUT2D eigenvalue weighted by Gasteiger charge is -2.35. The molecule has 1 aromatic carbocycles. The molecule has 1 aromatic heterocycles. The topological polar surface area (TPSA) is 82.0 Å². The van der Waals surface area contributed by atoms with Crippen molar-refractivity contribution >= 4 is 22.5 Å². The van der Waals surface area contributed by atoms with Crippen LogP contribution in [0.25, 0.3) is 10.9 Å². The van der Waals surface area contributed by atoms with Gasteiger partial charge in [-0.25, -0.2) is 0 Å². The summed E-state index contributed by atoms with van der Waals surface area (Å²) in [4.78, 5) is 16.2. The molecule has 0 radical (unpaired) electrons. The van der Waals surface area contributed by atoms with Crippen LogP contribution >= 0.6 is 0 Å². The second kappa shape index (κ2) is 5.08. The summed E-state index contributed by atoms with van der Waals surface area (Å²) >= 11 is 0. The van der Waals surface area contributed by atoms with E-state index in [4.69, 9.17) is 16.5 Å². The Kier molecular flexibility index (Phi) is 3.15. The van der Waals surface area contributed by atoms with Gasteiger partial charge in [0.15, 0.2) is 0 Å². The van der Waals surface area contributed by atoms with Crippen LogP contribution < -0.4 is 11.5 Å². The molecule has 2 unspecified atom stereocenters. The van der Waals surface area contributed by atoms with Crippen molar-refractivity contribution in [3.8, 4) is 0 Å². The van der Waals surface area contributed by atoms with Crippen molar-refractivity contribution < 1.29 is 4.79 Å². The number of primary amides is 1. The van der Waals surface area contributed by atoms with E-state index < -0.39 is 0 Å². The van der Waals surface area contributed by atoms with Crippen LogP contribution in [0.15, 0.2) is 29.8 Å². The summed E-state index contributed by atoms with van der Waals surface area (Å²) in [5.41, 5.74) is 18.4. The SMILES string of the molecule is Cc1ccc2c(N)c3c(nc2c1)CC1C=C(CC(N)=O)CC3C1. The predicted molar refractivity (Wildman–Crippen MR) is 92.0 cm³/mol. The summed E-state index contributed by atoms with van der Waals surface area (Å²) in [7, 11) is 0. The molecule has 2 bridgehead atoms. The molecule has 2 atom stereocenters. The minimum absolute atomic E-state index is 0.253. The number of aryl methyl sites for hydroxylation is 1. The van der Waals surface area contributed by atoms with E-state index in [1.807, 2.05) is 0 Å². The summed E-state index contributed by atoms with van der Waals surface area (Å²) in [6.45, 7) is 2.07. The maximum Gasteiger partial charge on any atom is 0.221 e. The Hall–Kier alpha value is -2.36. The number of fused-ring (bicyclic) bond motifs is 5. The molecule has 0 fully saturated rings. The van der Waals surface area contributed by atoms with E-state index in [1.165, 1.54) is 11.1 Å². The highest BCUT2D eigenvalue weighted by atomic mass is 16.1. The van der Waals surface area contributed by atoms with Gasteiger partial charge in [-0.3, -0.25) is 9.78 Å². The van der Waals surface area contributed by atoms with Gasteiger partial charge in [0.25, 0.3) is 0 Å². The summed E-state index contributed by atoms with van der Waals surface area (Å²) in [6, 6.07) is 6.25. The number of aromatic nitrogens is 1. The number of carbonyl (C=O) groups is 1. The first-order valence-electron chi connectivity index (χ1n) is 8.17. The molecule has 0 saturated carbocycles. The smallest absolute Gasteiger partial charge is 0.221 e. The molecule has 0 saturated heterocycles. The second-order valence-electron chi connectivity index (χ2n) is 6.98. The minimum atomic E-state index is -0.253. The average molecular weight is 307 g/mol.